The number of carboxylic acid groups (broad SMARTS) is 1. The summed E-state index contributed by atoms with van der Waals surface area (Å²) in [6, 6.07) is 4.87. The van der Waals surface area contributed by atoms with Gasteiger partial charge in [0.2, 0.25) is 10.0 Å². The number of sulfonamides is 1. The monoisotopic (exact) mass is 349 g/mol. The lowest BCUT2D eigenvalue weighted by Gasteiger charge is -2.24. The van der Waals surface area contributed by atoms with Crippen molar-refractivity contribution in [2.45, 2.75) is 30.5 Å². The fourth-order valence-electron chi connectivity index (χ4n) is 1.87. The third kappa shape index (κ3) is 5.08. The Morgan fingerprint density at radius 2 is 1.64 bits per heavy atom. The van der Waals surface area contributed by atoms with Crippen molar-refractivity contribution < 1.29 is 26.7 Å². The van der Waals surface area contributed by atoms with Crippen LogP contribution in [0.2, 0.25) is 0 Å². The molecule has 1 rings (SSSR count). The van der Waals surface area contributed by atoms with E-state index < -0.39 is 38.4 Å². The molecule has 7 nitrogen and oxygen atoms in total. The first-order valence-electron chi connectivity index (χ1n) is 6.44. The molecule has 0 aromatic heterocycles. The minimum atomic E-state index is -3.95. The minimum Gasteiger partial charge on any atom is -0.480 e. The molecule has 0 aliphatic carbocycles. The van der Waals surface area contributed by atoms with Crippen LogP contribution in [0.25, 0.3) is 0 Å². The molecule has 22 heavy (non-hydrogen) atoms. The van der Waals surface area contributed by atoms with Crippen LogP contribution in [0.1, 0.15) is 19.4 Å². The zero-order chi connectivity index (χ0) is 17.1. The first-order chi connectivity index (χ1) is 9.93. The molecule has 1 aromatic rings. The fraction of sp³-hybridized carbons (Fsp3) is 0.462. The number of sulfone groups is 1. The van der Waals surface area contributed by atoms with Gasteiger partial charge in [-0.2, -0.15) is 4.31 Å². The van der Waals surface area contributed by atoms with Crippen LogP contribution in [0.3, 0.4) is 0 Å². The maximum absolute atomic E-state index is 12.5. The Hall–Kier alpha value is -1.45. The van der Waals surface area contributed by atoms with Gasteiger partial charge < -0.3 is 5.11 Å². The summed E-state index contributed by atoms with van der Waals surface area (Å²) in [6.45, 7) is 2.53. The van der Waals surface area contributed by atoms with E-state index in [0.29, 0.717) is 5.56 Å². The third-order valence-electron chi connectivity index (χ3n) is 2.83. The lowest BCUT2D eigenvalue weighted by Crippen LogP contribution is -2.40. The number of hydrogen-bond donors (Lipinski definition) is 1. The molecule has 0 atom stereocenters. The van der Waals surface area contributed by atoms with Crippen LogP contribution in [0.15, 0.2) is 29.2 Å². The van der Waals surface area contributed by atoms with Crippen LogP contribution in [-0.4, -0.2) is 51.1 Å². The highest BCUT2D eigenvalue weighted by atomic mass is 32.2. The van der Waals surface area contributed by atoms with Crippen molar-refractivity contribution in [3.63, 3.8) is 0 Å². The Kier molecular flexibility index (Phi) is 5.71. The Balaban J connectivity index is 3.14. The van der Waals surface area contributed by atoms with Gasteiger partial charge in [0.25, 0.3) is 0 Å². The largest absolute Gasteiger partial charge is 0.480 e. The number of rotatable bonds is 7. The van der Waals surface area contributed by atoms with Crippen LogP contribution in [0.4, 0.5) is 0 Å². The van der Waals surface area contributed by atoms with Gasteiger partial charge >= 0.3 is 5.97 Å². The van der Waals surface area contributed by atoms with Gasteiger partial charge in [-0.1, -0.05) is 12.1 Å². The third-order valence-corrected chi connectivity index (χ3v) is 5.72. The molecule has 0 amide bonds. The molecule has 0 radical (unpaired) electrons. The number of nitrogens with zero attached hydrogens (tertiary/aromatic N) is 1. The SMILES string of the molecule is CC(C)N(CC(=O)O)S(=O)(=O)c1ccc(CS(C)(=O)=O)cc1. The molecule has 9 heteroatoms. The fourth-order valence-corrected chi connectivity index (χ4v) is 4.26. The molecule has 0 spiro atoms. The highest BCUT2D eigenvalue weighted by Crippen LogP contribution is 2.19. The number of carbonyl (C=O) groups is 1. The number of carboxylic acids is 1. The van der Waals surface area contributed by atoms with Gasteiger partial charge in [-0.3, -0.25) is 4.79 Å². The van der Waals surface area contributed by atoms with Crippen LogP contribution in [0.5, 0.6) is 0 Å². The molecule has 0 aliphatic heterocycles. The number of aliphatic carboxylic acids is 1. The molecule has 1 aromatic carbocycles. The summed E-state index contributed by atoms with van der Waals surface area (Å²) < 4.78 is 48.2. The summed E-state index contributed by atoms with van der Waals surface area (Å²) in [4.78, 5) is 10.8. The van der Waals surface area contributed by atoms with Gasteiger partial charge in [-0.05, 0) is 31.5 Å². The number of hydrogen-bond acceptors (Lipinski definition) is 5. The highest BCUT2D eigenvalue weighted by molar-refractivity contribution is 7.90. The van der Waals surface area contributed by atoms with Crippen molar-refractivity contribution in [2.75, 3.05) is 12.8 Å². The van der Waals surface area contributed by atoms with Crippen LogP contribution in [-0.2, 0) is 30.4 Å². The van der Waals surface area contributed by atoms with Gasteiger partial charge in [0.15, 0.2) is 9.84 Å². The van der Waals surface area contributed by atoms with E-state index in [1.807, 2.05) is 0 Å². The van der Waals surface area contributed by atoms with E-state index in [4.69, 9.17) is 5.11 Å². The molecule has 0 bridgehead atoms. The van der Waals surface area contributed by atoms with Crippen molar-refractivity contribution in [1.29, 1.82) is 0 Å². The molecule has 1 N–H and O–H groups in total. The van der Waals surface area contributed by atoms with E-state index in [1.54, 1.807) is 13.8 Å². The maximum Gasteiger partial charge on any atom is 0.318 e. The van der Waals surface area contributed by atoms with Crippen molar-refractivity contribution >= 4 is 25.8 Å². The van der Waals surface area contributed by atoms with Gasteiger partial charge in [-0.25, -0.2) is 16.8 Å². The van der Waals surface area contributed by atoms with Crippen molar-refractivity contribution in [2.24, 2.45) is 0 Å². The summed E-state index contributed by atoms with van der Waals surface area (Å²) in [6.07, 6.45) is 1.09. The molecular weight excluding hydrogens is 330 g/mol. The van der Waals surface area contributed by atoms with Crippen LogP contribution >= 0.6 is 0 Å². The topological polar surface area (TPSA) is 109 Å². The molecule has 0 saturated carbocycles. The predicted molar refractivity (Wildman–Crippen MR) is 81.7 cm³/mol. The normalized spacial score (nSPS) is 12.8. The lowest BCUT2D eigenvalue weighted by atomic mass is 10.2. The molecular formula is C13H19NO6S2. The summed E-state index contributed by atoms with van der Waals surface area (Å²) in [5.41, 5.74) is 0.468. The molecule has 0 aliphatic rings. The maximum atomic E-state index is 12.5. The van der Waals surface area contributed by atoms with E-state index in [1.165, 1.54) is 24.3 Å². The molecule has 0 unspecified atom stereocenters. The standard InChI is InChI=1S/C13H19NO6S2/c1-10(2)14(8-13(15)16)22(19,20)12-6-4-11(5-7-12)9-21(3,17)18/h4-7,10H,8-9H2,1-3H3,(H,15,16). The van der Waals surface area contributed by atoms with E-state index >= 15 is 0 Å². The second-order valence-corrected chi connectivity index (χ2v) is 9.28. The Bertz CT molecular complexity index is 735. The first-order valence-corrected chi connectivity index (χ1v) is 9.94. The average Bonchev–Trinajstić information content (AvgIpc) is 2.34. The van der Waals surface area contributed by atoms with Crippen molar-refractivity contribution in [1.82, 2.24) is 4.31 Å². The van der Waals surface area contributed by atoms with Crippen LogP contribution in [0, 0.1) is 0 Å². The summed E-state index contributed by atoms with van der Waals surface area (Å²) in [5, 5.41) is 8.84. The Labute approximate surface area is 130 Å². The van der Waals surface area contributed by atoms with Gasteiger partial charge in [0.1, 0.15) is 6.54 Å². The Morgan fingerprint density at radius 1 is 1.14 bits per heavy atom. The van der Waals surface area contributed by atoms with E-state index in [2.05, 4.69) is 0 Å². The van der Waals surface area contributed by atoms with E-state index in [0.717, 1.165) is 10.6 Å². The summed E-state index contributed by atoms with van der Waals surface area (Å²) >= 11 is 0. The van der Waals surface area contributed by atoms with E-state index in [9.17, 15) is 21.6 Å². The van der Waals surface area contributed by atoms with Crippen molar-refractivity contribution in [3.8, 4) is 0 Å². The second-order valence-electron chi connectivity index (χ2n) is 5.25. The summed E-state index contributed by atoms with van der Waals surface area (Å²) in [5.74, 6) is -1.43. The zero-order valence-corrected chi connectivity index (χ0v) is 14.2. The first kappa shape index (κ1) is 18.6. The number of benzene rings is 1. The molecule has 0 fully saturated rings. The second kappa shape index (κ2) is 6.76. The Morgan fingerprint density at radius 3 is 2.00 bits per heavy atom. The summed E-state index contributed by atoms with van der Waals surface area (Å²) in [7, 11) is -7.16. The quantitative estimate of drug-likeness (QED) is 0.777. The predicted octanol–water partition coefficient (Wildman–Crippen LogP) is 0.715. The molecule has 124 valence electrons. The smallest absolute Gasteiger partial charge is 0.318 e. The molecule has 0 heterocycles. The molecule has 0 saturated heterocycles. The van der Waals surface area contributed by atoms with Gasteiger partial charge in [-0.15, -0.1) is 0 Å². The average molecular weight is 349 g/mol. The van der Waals surface area contributed by atoms with Crippen LogP contribution < -0.4 is 0 Å². The van der Waals surface area contributed by atoms with E-state index in [-0.39, 0.29) is 10.6 Å². The van der Waals surface area contributed by atoms with Gasteiger partial charge in [0, 0.05) is 12.3 Å². The zero-order valence-electron chi connectivity index (χ0n) is 12.6. The lowest BCUT2D eigenvalue weighted by molar-refractivity contribution is -0.137. The van der Waals surface area contributed by atoms with Gasteiger partial charge in [0.05, 0.1) is 10.6 Å². The van der Waals surface area contributed by atoms with Crippen molar-refractivity contribution in [3.05, 3.63) is 29.8 Å². The minimum absolute atomic E-state index is 0.0697. The highest BCUT2D eigenvalue weighted by Gasteiger charge is 2.28.